The highest BCUT2D eigenvalue weighted by Gasteiger charge is 2.29. The summed E-state index contributed by atoms with van der Waals surface area (Å²) in [7, 11) is -3.56. The van der Waals surface area contributed by atoms with Gasteiger partial charge in [0.05, 0.1) is 17.0 Å². The first-order valence-electron chi connectivity index (χ1n) is 9.31. The lowest BCUT2D eigenvalue weighted by Crippen LogP contribution is -2.39. The van der Waals surface area contributed by atoms with E-state index in [4.69, 9.17) is 4.74 Å². The summed E-state index contributed by atoms with van der Waals surface area (Å²) in [6.07, 6.45) is -1.10. The van der Waals surface area contributed by atoms with Crippen molar-refractivity contribution in [3.63, 3.8) is 0 Å². The highest BCUT2D eigenvalue weighted by atomic mass is 32.2. The average Bonchev–Trinajstić information content (AvgIpc) is 2.69. The normalized spacial score (nSPS) is 16.0. The molecule has 0 spiro atoms. The van der Waals surface area contributed by atoms with Gasteiger partial charge in [-0.1, -0.05) is 26.0 Å². The van der Waals surface area contributed by atoms with Crippen LogP contribution < -0.4 is 15.4 Å². The van der Waals surface area contributed by atoms with Crippen molar-refractivity contribution >= 4 is 33.2 Å². The first-order chi connectivity index (χ1) is 13.8. The molecule has 29 heavy (non-hydrogen) atoms. The number of rotatable bonds is 7. The van der Waals surface area contributed by atoms with Crippen LogP contribution in [0.1, 0.15) is 20.3 Å². The summed E-state index contributed by atoms with van der Waals surface area (Å²) in [5, 5.41) is 5.37. The summed E-state index contributed by atoms with van der Waals surface area (Å²) in [6.45, 7) is 4.31. The highest BCUT2D eigenvalue weighted by Crippen LogP contribution is 2.29. The maximum Gasteiger partial charge on any atom is 0.266 e. The molecule has 0 saturated heterocycles. The van der Waals surface area contributed by atoms with E-state index in [9.17, 15) is 18.0 Å². The minimum absolute atomic E-state index is 0.158. The van der Waals surface area contributed by atoms with Gasteiger partial charge in [0.25, 0.3) is 5.91 Å². The molecule has 0 fully saturated rings. The van der Waals surface area contributed by atoms with Crippen molar-refractivity contribution < 1.29 is 22.7 Å². The van der Waals surface area contributed by atoms with Crippen LogP contribution in [0.15, 0.2) is 53.4 Å². The zero-order valence-electron chi connectivity index (χ0n) is 16.2. The van der Waals surface area contributed by atoms with Crippen LogP contribution >= 0.6 is 0 Å². The van der Waals surface area contributed by atoms with Gasteiger partial charge < -0.3 is 15.4 Å². The lowest BCUT2D eigenvalue weighted by atomic mass is 10.1. The van der Waals surface area contributed by atoms with Gasteiger partial charge in [-0.25, -0.2) is 8.42 Å². The van der Waals surface area contributed by atoms with Crippen LogP contribution in [0.5, 0.6) is 5.75 Å². The molecule has 154 valence electrons. The minimum atomic E-state index is -3.56. The van der Waals surface area contributed by atoms with Crippen LogP contribution in [0.3, 0.4) is 0 Å². The lowest BCUT2D eigenvalue weighted by molar-refractivity contribution is -0.128. The Bertz CT molecular complexity index is 1000. The largest absolute Gasteiger partial charge is 0.478 e. The van der Waals surface area contributed by atoms with Crippen molar-refractivity contribution in [1.82, 2.24) is 4.31 Å². The molecule has 2 N–H and O–H groups in total. The fourth-order valence-corrected chi connectivity index (χ4v) is 4.49. The third kappa shape index (κ3) is 4.57. The van der Waals surface area contributed by atoms with E-state index in [0.29, 0.717) is 30.2 Å². The molecule has 1 heterocycles. The number of fused-ring (bicyclic) bond motifs is 1. The van der Waals surface area contributed by atoms with Gasteiger partial charge in [-0.2, -0.15) is 4.31 Å². The Morgan fingerprint density at radius 3 is 2.41 bits per heavy atom. The first kappa shape index (κ1) is 20.8. The molecule has 3 rings (SSSR count). The van der Waals surface area contributed by atoms with Gasteiger partial charge >= 0.3 is 0 Å². The van der Waals surface area contributed by atoms with Crippen LogP contribution in [0, 0.1) is 0 Å². The average molecular weight is 417 g/mol. The quantitative estimate of drug-likeness (QED) is 0.720. The molecule has 1 aliphatic rings. The molecule has 0 aromatic heterocycles. The fraction of sp³-hybridized carbons (Fsp3) is 0.300. The smallest absolute Gasteiger partial charge is 0.266 e. The summed E-state index contributed by atoms with van der Waals surface area (Å²) in [6, 6.07) is 12.9. The van der Waals surface area contributed by atoms with Crippen LogP contribution in [-0.4, -0.2) is 43.7 Å². The third-order valence-corrected chi connectivity index (χ3v) is 6.62. The minimum Gasteiger partial charge on any atom is -0.478 e. The topological polar surface area (TPSA) is 105 Å². The maximum absolute atomic E-state index is 12.5. The highest BCUT2D eigenvalue weighted by molar-refractivity contribution is 7.89. The summed E-state index contributed by atoms with van der Waals surface area (Å²) < 4.78 is 32.0. The van der Waals surface area contributed by atoms with E-state index in [-0.39, 0.29) is 17.2 Å². The Morgan fingerprint density at radius 2 is 1.76 bits per heavy atom. The van der Waals surface area contributed by atoms with Gasteiger partial charge in [0.1, 0.15) is 5.75 Å². The van der Waals surface area contributed by atoms with E-state index in [0.717, 1.165) is 0 Å². The summed E-state index contributed by atoms with van der Waals surface area (Å²) >= 11 is 0. The molecule has 0 aliphatic carbocycles. The number of carbonyl (C=O) groups is 2. The number of hydrogen-bond acceptors (Lipinski definition) is 5. The molecule has 2 aromatic rings. The second kappa shape index (κ2) is 8.62. The van der Waals surface area contributed by atoms with E-state index in [2.05, 4.69) is 10.6 Å². The predicted molar refractivity (Wildman–Crippen MR) is 109 cm³/mol. The zero-order chi connectivity index (χ0) is 21.0. The van der Waals surface area contributed by atoms with Crippen LogP contribution in [0.2, 0.25) is 0 Å². The van der Waals surface area contributed by atoms with Crippen molar-refractivity contribution in [3.8, 4) is 5.75 Å². The number of amides is 2. The Hall–Kier alpha value is -2.91. The first-order valence-corrected chi connectivity index (χ1v) is 10.8. The van der Waals surface area contributed by atoms with Crippen molar-refractivity contribution in [2.45, 2.75) is 31.3 Å². The molecule has 8 nitrogen and oxygen atoms in total. The van der Waals surface area contributed by atoms with Crippen LogP contribution in [0.25, 0.3) is 0 Å². The number of nitrogens with zero attached hydrogens (tertiary/aromatic N) is 1. The molecule has 2 aromatic carbocycles. The molecule has 0 unspecified atom stereocenters. The number of anilines is 2. The predicted octanol–water partition coefficient (Wildman–Crippen LogP) is 2.45. The van der Waals surface area contributed by atoms with Crippen molar-refractivity contribution in [2.24, 2.45) is 0 Å². The van der Waals surface area contributed by atoms with E-state index in [1.807, 2.05) is 0 Å². The van der Waals surface area contributed by atoms with Crippen LogP contribution in [0.4, 0.5) is 11.4 Å². The number of benzene rings is 2. The third-order valence-electron chi connectivity index (χ3n) is 4.56. The second-order valence-electron chi connectivity index (χ2n) is 6.46. The number of sulfonamides is 1. The van der Waals surface area contributed by atoms with Crippen molar-refractivity contribution in [1.29, 1.82) is 0 Å². The monoisotopic (exact) mass is 417 g/mol. The van der Waals surface area contributed by atoms with Gasteiger partial charge in [0, 0.05) is 18.8 Å². The Morgan fingerprint density at radius 1 is 1.10 bits per heavy atom. The Balaban J connectivity index is 1.64. The van der Waals surface area contributed by atoms with E-state index >= 15 is 0 Å². The molecule has 0 radical (unpaired) electrons. The fourth-order valence-electron chi connectivity index (χ4n) is 3.03. The van der Waals surface area contributed by atoms with Crippen LogP contribution in [-0.2, 0) is 19.6 Å². The maximum atomic E-state index is 12.5. The van der Waals surface area contributed by atoms with Crippen molar-refractivity contribution in [3.05, 3.63) is 48.5 Å². The van der Waals surface area contributed by atoms with E-state index < -0.39 is 22.0 Å². The molecule has 1 aliphatic heterocycles. The lowest BCUT2D eigenvalue weighted by Gasteiger charge is -2.25. The zero-order valence-corrected chi connectivity index (χ0v) is 17.0. The van der Waals surface area contributed by atoms with Gasteiger partial charge in [-0.15, -0.1) is 0 Å². The van der Waals surface area contributed by atoms with Gasteiger partial charge in [0.15, 0.2) is 6.10 Å². The molecule has 0 bridgehead atoms. The van der Waals surface area contributed by atoms with Gasteiger partial charge in [-0.05, 0) is 36.4 Å². The molecule has 0 saturated carbocycles. The molecular weight excluding hydrogens is 394 g/mol. The number of ether oxygens (including phenoxy) is 1. The number of hydrogen-bond donors (Lipinski definition) is 2. The molecule has 1 atom stereocenters. The number of nitrogens with one attached hydrogen (secondary N) is 2. The van der Waals surface area contributed by atoms with Gasteiger partial charge in [0.2, 0.25) is 15.9 Å². The summed E-state index contributed by atoms with van der Waals surface area (Å²) in [5.41, 5.74) is 1.00. The Kier molecular flexibility index (Phi) is 6.19. The molecule has 2 amide bonds. The number of carbonyl (C=O) groups excluding carboxylic acids is 2. The summed E-state index contributed by atoms with van der Waals surface area (Å²) in [4.78, 5) is 24.6. The Labute approximate surface area is 169 Å². The molecular formula is C20H23N3O5S. The van der Waals surface area contributed by atoms with Crippen molar-refractivity contribution in [2.75, 3.05) is 23.7 Å². The van der Waals surface area contributed by atoms with E-state index in [1.165, 1.54) is 28.6 Å². The SMILES string of the molecule is CCN(CC)S(=O)(=O)c1ccc(NC(=O)C[C@@H]2Oc3ccccc3NC2=O)cc1. The van der Waals surface area contributed by atoms with Gasteiger partial charge in [-0.3, -0.25) is 9.59 Å². The molecule has 9 heteroatoms. The van der Waals surface area contributed by atoms with E-state index in [1.54, 1.807) is 38.1 Å². The standard InChI is InChI=1S/C20H23N3O5S/c1-3-23(4-2)29(26,27)15-11-9-14(10-12-15)21-19(24)13-18-20(25)22-16-7-5-6-8-17(16)28-18/h5-12,18H,3-4,13H2,1-2H3,(H,21,24)(H,22,25)/t18-/m0/s1. The summed E-state index contributed by atoms with van der Waals surface area (Å²) in [5.74, 6) is -0.292. The number of para-hydroxylation sites is 2. The second-order valence-corrected chi connectivity index (χ2v) is 8.40.